The number of hydrogen-bond acceptors (Lipinski definition) is 5. The normalized spacial score (nSPS) is 16.6. The van der Waals surface area contributed by atoms with Crippen LogP contribution in [0, 0.1) is 5.82 Å². The maximum Gasteiger partial charge on any atom is 0.317 e. The number of hydrogen-bond donors (Lipinski definition) is 1. The Morgan fingerprint density at radius 3 is 2.72 bits per heavy atom. The van der Waals surface area contributed by atoms with Crippen LogP contribution in [0.2, 0.25) is 0 Å². The summed E-state index contributed by atoms with van der Waals surface area (Å²) in [5.74, 6) is 0.347. The molecule has 3 rings (SSSR count). The van der Waals surface area contributed by atoms with Crippen LogP contribution in [0.25, 0.3) is 0 Å². The van der Waals surface area contributed by atoms with Gasteiger partial charge in [-0.05, 0) is 17.7 Å². The molecule has 1 aromatic carbocycles. The summed E-state index contributed by atoms with van der Waals surface area (Å²) in [5, 5.41) is 2.82. The van der Waals surface area contributed by atoms with Crippen molar-refractivity contribution in [2.24, 2.45) is 0 Å². The van der Waals surface area contributed by atoms with Crippen LogP contribution in [0.5, 0.6) is 11.8 Å². The van der Waals surface area contributed by atoms with E-state index in [0.29, 0.717) is 37.8 Å². The molecule has 1 unspecified atom stereocenters. The Balaban J connectivity index is 1.50. The molecule has 0 saturated carbocycles. The first-order chi connectivity index (χ1) is 12.2. The van der Waals surface area contributed by atoms with E-state index in [2.05, 4.69) is 15.3 Å². The third-order valence-corrected chi connectivity index (χ3v) is 3.89. The van der Waals surface area contributed by atoms with Gasteiger partial charge in [0.2, 0.25) is 0 Å². The molecule has 0 spiro atoms. The summed E-state index contributed by atoms with van der Waals surface area (Å²) in [6.07, 6.45) is 3.58. The summed E-state index contributed by atoms with van der Waals surface area (Å²) in [6.45, 7) is 1.39. The lowest BCUT2D eigenvalue weighted by molar-refractivity contribution is 0.177. The van der Waals surface area contributed by atoms with Crippen LogP contribution in [0.3, 0.4) is 0 Å². The topological polar surface area (TPSA) is 76.6 Å². The lowest BCUT2D eigenvalue weighted by Gasteiger charge is -2.18. The van der Waals surface area contributed by atoms with Crippen molar-refractivity contribution >= 4 is 6.03 Å². The molecular formula is C17H19FN4O3. The summed E-state index contributed by atoms with van der Waals surface area (Å²) in [6, 6.07) is 5.85. The fraction of sp³-hybridized carbons (Fsp3) is 0.353. The second-order valence-electron chi connectivity index (χ2n) is 5.63. The van der Waals surface area contributed by atoms with E-state index in [1.165, 1.54) is 31.6 Å². The lowest BCUT2D eigenvalue weighted by atomic mass is 10.2. The van der Waals surface area contributed by atoms with E-state index >= 15 is 0 Å². The Morgan fingerprint density at radius 2 is 2.00 bits per heavy atom. The number of nitrogens with zero attached hydrogens (tertiary/aromatic N) is 3. The van der Waals surface area contributed by atoms with E-state index in [9.17, 15) is 9.18 Å². The number of ether oxygens (including phenoxy) is 2. The molecule has 1 aliphatic rings. The first-order valence-electron chi connectivity index (χ1n) is 7.94. The van der Waals surface area contributed by atoms with Crippen molar-refractivity contribution in [3.63, 3.8) is 0 Å². The van der Waals surface area contributed by atoms with Crippen molar-refractivity contribution in [1.29, 1.82) is 0 Å². The number of rotatable bonds is 5. The fourth-order valence-corrected chi connectivity index (χ4v) is 2.59. The summed E-state index contributed by atoms with van der Waals surface area (Å²) in [4.78, 5) is 22.1. The van der Waals surface area contributed by atoms with E-state index in [1.807, 2.05) is 0 Å². The highest BCUT2D eigenvalue weighted by molar-refractivity contribution is 5.74. The van der Waals surface area contributed by atoms with Gasteiger partial charge >= 0.3 is 6.03 Å². The van der Waals surface area contributed by atoms with Gasteiger partial charge in [0.05, 0.1) is 13.7 Å². The molecule has 7 nitrogen and oxygen atoms in total. The summed E-state index contributed by atoms with van der Waals surface area (Å²) < 4.78 is 23.8. The number of carbonyl (C=O) groups is 1. The quantitative estimate of drug-likeness (QED) is 0.896. The van der Waals surface area contributed by atoms with Gasteiger partial charge in [-0.1, -0.05) is 12.1 Å². The number of urea groups is 1. The van der Waals surface area contributed by atoms with Crippen LogP contribution in [0.4, 0.5) is 9.18 Å². The standard InChI is InChI=1S/C17H19FN4O3/c1-24-15-16(20-8-7-19-15)25-14-6-9-22(11-14)17(23)21-10-12-2-4-13(18)5-3-12/h2-5,7-8,14H,6,9-11H2,1H3,(H,21,23). The summed E-state index contributed by atoms with van der Waals surface area (Å²) in [7, 11) is 1.50. The van der Waals surface area contributed by atoms with Crippen LogP contribution in [0.1, 0.15) is 12.0 Å². The van der Waals surface area contributed by atoms with Gasteiger partial charge in [0.1, 0.15) is 11.9 Å². The number of carbonyl (C=O) groups excluding carboxylic acids is 1. The van der Waals surface area contributed by atoms with Crippen molar-refractivity contribution in [1.82, 2.24) is 20.2 Å². The molecule has 1 atom stereocenters. The molecule has 0 radical (unpaired) electrons. The van der Waals surface area contributed by atoms with Crippen LogP contribution < -0.4 is 14.8 Å². The van der Waals surface area contributed by atoms with E-state index in [0.717, 1.165) is 5.56 Å². The highest BCUT2D eigenvalue weighted by Crippen LogP contribution is 2.23. The van der Waals surface area contributed by atoms with Crippen LogP contribution in [-0.2, 0) is 6.54 Å². The van der Waals surface area contributed by atoms with Gasteiger partial charge in [0, 0.05) is 31.9 Å². The number of aromatic nitrogens is 2. The lowest BCUT2D eigenvalue weighted by Crippen LogP contribution is -2.39. The highest BCUT2D eigenvalue weighted by atomic mass is 19.1. The summed E-state index contributed by atoms with van der Waals surface area (Å²) >= 11 is 0. The molecular weight excluding hydrogens is 327 g/mol. The van der Waals surface area contributed by atoms with Gasteiger partial charge in [0.15, 0.2) is 0 Å². The Hall–Kier alpha value is -2.90. The van der Waals surface area contributed by atoms with Gasteiger partial charge in [0.25, 0.3) is 11.8 Å². The van der Waals surface area contributed by atoms with Gasteiger partial charge < -0.3 is 19.7 Å². The van der Waals surface area contributed by atoms with Crippen LogP contribution >= 0.6 is 0 Å². The molecule has 1 aromatic heterocycles. The smallest absolute Gasteiger partial charge is 0.317 e. The van der Waals surface area contributed by atoms with Gasteiger partial charge in [-0.2, -0.15) is 0 Å². The fourth-order valence-electron chi connectivity index (χ4n) is 2.59. The van der Waals surface area contributed by atoms with E-state index in [4.69, 9.17) is 9.47 Å². The molecule has 25 heavy (non-hydrogen) atoms. The highest BCUT2D eigenvalue weighted by Gasteiger charge is 2.28. The van der Waals surface area contributed by atoms with Gasteiger partial charge in [-0.3, -0.25) is 0 Å². The summed E-state index contributed by atoms with van der Waals surface area (Å²) in [5.41, 5.74) is 0.839. The molecule has 2 aromatic rings. The Labute approximate surface area is 144 Å². The first kappa shape index (κ1) is 16.9. The zero-order chi connectivity index (χ0) is 17.6. The maximum absolute atomic E-state index is 12.9. The maximum atomic E-state index is 12.9. The number of amides is 2. The minimum Gasteiger partial charge on any atom is -0.477 e. The second kappa shape index (κ2) is 7.78. The molecule has 0 aliphatic carbocycles. The first-order valence-corrected chi connectivity index (χ1v) is 7.94. The largest absolute Gasteiger partial charge is 0.477 e. The van der Waals surface area contributed by atoms with Crippen molar-refractivity contribution in [2.45, 2.75) is 19.1 Å². The van der Waals surface area contributed by atoms with Crippen LogP contribution in [0.15, 0.2) is 36.7 Å². The number of likely N-dealkylation sites (tertiary alicyclic amines) is 1. The molecule has 2 amide bonds. The van der Waals surface area contributed by atoms with Crippen LogP contribution in [-0.4, -0.2) is 47.2 Å². The van der Waals surface area contributed by atoms with E-state index in [1.54, 1.807) is 17.0 Å². The number of benzene rings is 1. The third-order valence-electron chi connectivity index (χ3n) is 3.89. The average Bonchev–Trinajstić information content (AvgIpc) is 3.10. The molecule has 1 aliphatic heterocycles. The van der Waals surface area contributed by atoms with Gasteiger partial charge in [-0.15, -0.1) is 0 Å². The second-order valence-corrected chi connectivity index (χ2v) is 5.63. The number of nitrogens with one attached hydrogen (secondary N) is 1. The van der Waals surface area contributed by atoms with Crippen molar-refractivity contribution in [2.75, 3.05) is 20.2 Å². The average molecular weight is 346 g/mol. The molecule has 8 heteroatoms. The van der Waals surface area contributed by atoms with Gasteiger partial charge in [-0.25, -0.2) is 19.2 Å². The monoisotopic (exact) mass is 346 g/mol. The van der Waals surface area contributed by atoms with E-state index < -0.39 is 0 Å². The zero-order valence-corrected chi connectivity index (χ0v) is 13.8. The van der Waals surface area contributed by atoms with Crippen molar-refractivity contribution in [3.8, 4) is 11.8 Å². The molecule has 1 N–H and O–H groups in total. The third kappa shape index (κ3) is 4.34. The predicted octanol–water partition coefficient (Wildman–Crippen LogP) is 1.99. The predicted molar refractivity (Wildman–Crippen MR) is 87.8 cm³/mol. The minimum absolute atomic E-state index is 0.165. The molecule has 1 saturated heterocycles. The zero-order valence-electron chi connectivity index (χ0n) is 13.8. The molecule has 0 bridgehead atoms. The Kier molecular flexibility index (Phi) is 5.27. The minimum atomic E-state index is -0.297. The number of halogens is 1. The van der Waals surface area contributed by atoms with E-state index in [-0.39, 0.29) is 18.0 Å². The molecule has 132 valence electrons. The van der Waals surface area contributed by atoms with Crippen molar-refractivity contribution < 1.29 is 18.7 Å². The van der Waals surface area contributed by atoms with Crippen molar-refractivity contribution in [3.05, 3.63) is 48.0 Å². The number of methoxy groups -OCH3 is 1. The molecule has 1 fully saturated rings. The Morgan fingerprint density at radius 1 is 1.28 bits per heavy atom. The SMILES string of the molecule is COc1nccnc1OC1CCN(C(=O)NCc2ccc(F)cc2)C1. The Bertz CT molecular complexity index is 726. The molecule has 2 heterocycles.